The second-order valence-electron chi connectivity index (χ2n) is 5.59. The monoisotopic (exact) mass is 317 g/mol. The lowest BCUT2D eigenvalue weighted by atomic mass is 10.1. The molecule has 24 heavy (non-hydrogen) atoms. The lowest BCUT2D eigenvalue weighted by Gasteiger charge is -2.00. The van der Waals surface area contributed by atoms with E-state index in [9.17, 15) is 0 Å². The molecule has 0 saturated heterocycles. The molecule has 0 amide bonds. The van der Waals surface area contributed by atoms with E-state index in [1.165, 1.54) is 0 Å². The third kappa shape index (κ3) is 2.96. The van der Waals surface area contributed by atoms with Crippen molar-refractivity contribution in [2.75, 3.05) is 0 Å². The van der Waals surface area contributed by atoms with E-state index in [2.05, 4.69) is 15.3 Å². The van der Waals surface area contributed by atoms with E-state index in [-0.39, 0.29) is 0 Å². The van der Waals surface area contributed by atoms with Crippen LogP contribution in [0.5, 0.6) is 0 Å². The zero-order chi connectivity index (χ0) is 16.4. The van der Waals surface area contributed by atoms with Crippen molar-refractivity contribution in [3.63, 3.8) is 0 Å². The maximum atomic E-state index is 5.38. The van der Waals surface area contributed by atoms with Gasteiger partial charge in [-0.15, -0.1) is 0 Å². The Bertz CT molecular complexity index is 957. The fourth-order valence-corrected chi connectivity index (χ4v) is 2.54. The topological polar surface area (TPSA) is 65.0 Å². The summed E-state index contributed by atoms with van der Waals surface area (Å²) in [5.41, 5.74) is 3.86. The normalized spacial score (nSPS) is 10.9. The van der Waals surface area contributed by atoms with Gasteiger partial charge in [-0.1, -0.05) is 58.8 Å². The fourth-order valence-electron chi connectivity index (χ4n) is 2.54. The predicted octanol–water partition coefficient (Wildman–Crippen LogP) is 4.29. The molecule has 4 rings (SSSR count). The lowest BCUT2D eigenvalue weighted by Crippen LogP contribution is -1.89. The second-order valence-corrected chi connectivity index (χ2v) is 5.59. The van der Waals surface area contributed by atoms with Crippen LogP contribution in [-0.2, 0) is 6.42 Å². The molecule has 0 spiro atoms. The molecular weight excluding hydrogens is 302 g/mol. The van der Waals surface area contributed by atoms with Gasteiger partial charge in [0.15, 0.2) is 5.76 Å². The average Bonchev–Trinajstić information content (AvgIpc) is 3.25. The van der Waals surface area contributed by atoms with Crippen LogP contribution in [0.15, 0.2) is 69.7 Å². The van der Waals surface area contributed by atoms with Gasteiger partial charge >= 0.3 is 0 Å². The Balaban J connectivity index is 1.57. The van der Waals surface area contributed by atoms with Crippen LogP contribution in [0, 0.1) is 6.92 Å². The van der Waals surface area contributed by atoms with Crippen LogP contribution in [0.1, 0.15) is 17.1 Å². The van der Waals surface area contributed by atoms with Gasteiger partial charge in [-0.25, -0.2) is 0 Å². The molecule has 0 atom stereocenters. The highest BCUT2D eigenvalue weighted by atomic mass is 16.5. The Kier molecular flexibility index (Phi) is 3.67. The van der Waals surface area contributed by atoms with Gasteiger partial charge in [-0.2, -0.15) is 4.98 Å². The highest BCUT2D eigenvalue weighted by molar-refractivity contribution is 5.58. The maximum Gasteiger partial charge on any atom is 0.231 e. The van der Waals surface area contributed by atoms with Gasteiger partial charge in [0.05, 0.1) is 12.1 Å². The van der Waals surface area contributed by atoms with Gasteiger partial charge < -0.3 is 9.05 Å². The number of nitrogens with zero attached hydrogens (tertiary/aromatic N) is 3. The van der Waals surface area contributed by atoms with Gasteiger partial charge in [0.2, 0.25) is 11.7 Å². The van der Waals surface area contributed by atoms with Crippen LogP contribution >= 0.6 is 0 Å². The second kappa shape index (κ2) is 6.12. The first-order valence-corrected chi connectivity index (χ1v) is 7.68. The molecule has 2 heterocycles. The van der Waals surface area contributed by atoms with Crippen LogP contribution in [0.2, 0.25) is 0 Å². The lowest BCUT2D eigenvalue weighted by molar-refractivity contribution is 0.385. The first-order valence-electron chi connectivity index (χ1n) is 7.68. The van der Waals surface area contributed by atoms with Crippen molar-refractivity contribution >= 4 is 0 Å². The van der Waals surface area contributed by atoms with Crippen LogP contribution in [0.25, 0.3) is 22.7 Å². The summed E-state index contributed by atoms with van der Waals surface area (Å²) in [5.74, 6) is 1.94. The molecule has 0 saturated carbocycles. The number of benzene rings is 2. The van der Waals surface area contributed by atoms with Gasteiger partial charge in [0.25, 0.3) is 0 Å². The quantitative estimate of drug-likeness (QED) is 0.562. The van der Waals surface area contributed by atoms with Crippen LogP contribution in [-0.4, -0.2) is 15.3 Å². The van der Waals surface area contributed by atoms with E-state index in [0.717, 1.165) is 28.1 Å². The first kappa shape index (κ1) is 14.4. The van der Waals surface area contributed by atoms with E-state index < -0.39 is 0 Å². The zero-order valence-electron chi connectivity index (χ0n) is 13.1. The smallest absolute Gasteiger partial charge is 0.231 e. The van der Waals surface area contributed by atoms with E-state index >= 15 is 0 Å². The first-order chi connectivity index (χ1) is 11.8. The van der Waals surface area contributed by atoms with Crippen molar-refractivity contribution in [3.8, 4) is 22.7 Å². The molecule has 0 aliphatic heterocycles. The summed E-state index contributed by atoms with van der Waals surface area (Å²) >= 11 is 0. The van der Waals surface area contributed by atoms with Crippen LogP contribution in [0.4, 0.5) is 0 Å². The number of aryl methyl sites for hydroxylation is 1. The van der Waals surface area contributed by atoms with Gasteiger partial charge in [-0.05, 0) is 18.6 Å². The molecule has 0 radical (unpaired) electrons. The summed E-state index contributed by atoms with van der Waals surface area (Å²) in [6.07, 6.45) is 0.570. The van der Waals surface area contributed by atoms with Crippen molar-refractivity contribution in [2.45, 2.75) is 13.3 Å². The highest BCUT2D eigenvalue weighted by Gasteiger charge is 2.10. The van der Waals surface area contributed by atoms with Crippen molar-refractivity contribution in [3.05, 3.63) is 77.8 Å². The molecule has 4 aromatic rings. The van der Waals surface area contributed by atoms with E-state index in [1.807, 2.05) is 67.6 Å². The summed E-state index contributed by atoms with van der Waals surface area (Å²) in [4.78, 5) is 4.47. The summed E-state index contributed by atoms with van der Waals surface area (Å²) in [5, 5.41) is 7.98. The predicted molar refractivity (Wildman–Crippen MR) is 89.2 cm³/mol. The Labute approximate surface area is 138 Å². The summed E-state index contributed by atoms with van der Waals surface area (Å²) in [6, 6.07) is 19.8. The molecule has 2 aromatic heterocycles. The molecule has 0 aliphatic carbocycles. The van der Waals surface area contributed by atoms with Gasteiger partial charge in [-0.3, -0.25) is 0 Å². The maximum absolute atomic E-state index is 5.38. The van der Waals surface area contributed by atoms with Crippen LogP contribution in [0.3, 0.4) is 0 Å². The van der Waals surface area contributed by atoms with E-state index in [0.29, 0.717) is 18.1 Å². The molecular formula is C19H15N3O2. The standard InChI is InChI=1S/C19H15N3O2/c1-13-10-17(23-21-13)16-9-5-6-14(11-16)12-18-20-19(22-24-18)15-7-3-2-4-8-15/h2-11H,12H2,1H3. The molecule has 0 unspecified atom stereocenters. The van der Waals surface area contributed by atoms with Crippen molar-refractivity contribution in [1.29, 1.82) is 0 Å². The molecule has 5 nitrogen and oxygen atoms in total. The molecule has 0 bridgehead atoms. The molecule has 0 fully saturated rings. The van der Waals surface area contributed by atoms with Gasteiger partial charge in [0.1, 0.15) is 0 Å². The average molecular weight is 317 g/mol. The molecule has 2 aromatic carbocycles. The third-order valence-electron chi connectivity index (χ3n) is 3.69. The third-order valence-corrected chi connectivity index (χ3v) is 3.69. The Morgan fingerprint density at radius 1 is 0.833 bits per heavy atom. The van der Waals surface area contributed by atoms with Gasteiger partial charge in [0, 0.05) is 17.2 Å². The minimum absolute atomic E-state index is 0.570. The Hall–Kier alpha value is -3.21. The SMILES string of the molecule is Cc1cc(-c2cccc(Cc3nc(-c4ccccc4)no3)c2)on1. The summed E-state index contributed by atoms with van der Waals surface area (Å²) < 4.78 is 10.7. The number of hydrogen-bond donors (Lipinski definition) is 0. The summed E-state index contributed by atoms with van der Waals surface area (Å²) in [7, 11) is 0. The van der Waals surface area contributed by atoms with Crippen molar-refractivity contribution in [1.82, 2.24) is 15.3 Å². The highest BCUT2D eigenvalue weighted by Crippen LogP contribution is 2.23. The van der Waals surface area contributed by atoms with E-state index in [1.54, 1.807) is 0 Å². The Morgan fingerprint density at radius 2 is 1.67 bits per heavy atom. The number of rotatable bonds is 4. The molecule has 0 N–H and O–H groups in total. The largest absolute Gasteiger partial charge is 0.356 e. The molecule has 118 valence electrons. The molecule has 0 aliphatic rings. The zero-order valence-corrected chi connectivity index (χ0v) is 13.1. The minimum atomic E-state index is 0.570. The number of hydrogen-bond acceptors (Lipinski definition) is 5. The van der Waals surface area contributed by atoms with Crippen LogP contribution < -0.4 is 0 Å². The van der Waals surface area contributed by atoms with Crippen molar-refractivity contribution in [2.24, 2.45) is 0 Å². The van der Waals surface area contributed by atoms with Crippen molar-refractivity contribution < 1.29 is 9.05 Å². The minimum Gasteiger partial charge on any atom is -0.356 e. The summed E-state index contributed by atoms with van der Waals surface area (Å²) in [6.45, 7) is 1.90. The fraction of sp³-hybridized carbons (Fsp3) is 0.105. The van der Waals surface area contributed by atoms with E-state index in [4.69, 9.17) is 9.05 Å². The molecule has 5 heteroatoms. The number of aromatic nitrogens is 3. The Morgan fingerprint density at radius 3 is 2.46 bits per heavy atom.